The second kappa shape index (κ2) is 8.58. The quantitative estimate of drug-likeness (QED) is 0.368. The topological polar surface area (TPSA) is 112 Å². The third-order valence-corrected chi connectivity index (χ3v) is 5.27. The summed E-state index contributed by atoms with van der Waals surface area (Å²) in [6.07, 6.45) is 3.31. The average molecular weight is 438 g/mol. The number of aromatic nitrogens is 4. The molecule has 0 aliphatic heterocycles. The summed E-state index contributed by atoms with van der Waals surface area (Å²) in [5.74, 6) is 2.16. The molecule has 0 spiro atoms. The van der Waals surface area contributed by atoms with E-state index in [1.165, 1.54) is 0 Å². The number of ether oxygens (including phenoxy) is 1. The van der Waals surface area contributed by atoms with E-state index in [0.717, 1.165) is 44.8 Å². The highest BCUT2D eigenvalue weighted by atomic mass is 16.5. The van der Waals surface area contributed by atoms with Crippen LogP contribution in [0.25, 0.3) is 22.0 Å². The van der Waals surface area contributed by atoms with Crippen molar-refractivity contribution in [2.45, 2.75) is 20.4 Å². The van der Waals surface area contributed by atoms with Crippen LogP contribution < -0.4 is 15.8 Å². The lowest BCUT2D eigenvalue weighted by molar-refractivity contribution is 0.391. The van der Waals surface area contributed by atoms with E-state index in [1.807, 2.05) is 56.3 Å². The largest absolute Gasteiger partial charge is 0.437 e. The molecule has 0 aliphatic rings. The molecule has 0 atom stereocenters. The number of benzene rings is 2. The predicted octanol–water partition coefficient (Wildman–Crippen LogP) is 5.28. The van der Waals surface area contributed by atoms with E-state index >= 15 is 0 Å². The Labute approximate surface area is 190 Å². The van der Waals surface area contributed by atoms with Crippen LogP contribution in [0.5, 0.6) is 11.6 Å². The van der Waals surface area contributed by atoms with Crippen molar-refractivity contribution >= 4 is 22.4 Å². The Morgan fingerprint density at radius 3 is 2.70 bits per heavy atom. The van der Waals surface area contributed by atoms with E-state index < -0.39 is 0 Å². The molecule has 0 unspecified atom stereocenters. The predicted molar refractivity (Wildman–Crippen MR) is 127 cm³/mol. The van der Waals surface area contributed by atoms with Gasteiger partial charge in [0.1, 0.15) is 17.2 Å². The lowest BCUT2D eigenvalue weighted by atomic mass is 10.0. The summed E-state index contributed by atoms with van der Waals surface area (Å²) < 4.78 is 11.6. The minimum atomic E-state index is 0.196. The zero-order valence-electron chi connectivity index (χ0n) is 18.2. The van der Waals surface area contributed by atoms with Crippen LogP contribution in [0.1, 0.15) is 17.0 Å². The molecule has 0 amide bonds. The van der Waals surface area contributed by atoms with Gasteiger partial charge in [0.2, 0.25) is 11.8 Å². The second-order valence-electron chi connectivity index (χ2n) is 7.65. The molecule has 0 bridgehead atoms. The molecule has 3 heterocycles. The Hall–Kier alpha value is -4.46. The van der Waals surface area contributed by atoms with Gasteiger partial charge in [0.15, 0.2) is 0 Å². The monoisotopic (exact) mass is 438 g/mol. The van der Waals surface area contributed by atoms with Crippen LogP contribution in [0, 0.1) is 13.8 Å². The zero-order chi connectivity index (χ0) is 22.8. The first-order valence-corrected chi connectivity index (χ1v) is 10.5. The van der Waals surface area contributed by atoms with Crippen molar-refractivity contribution in [3.63, 3.8) is 0 Å². The fraction of sp³-hybridized carbons (Fsp3) is 0.120. The van der Waals surface area contributed by atoms with Gasteiger partial charge in [-0.05, 0) is 43.7 Å². The van der Waals surface area contributed by atoms with E-state index in [2.05, 4.69) is 31.5 Å². The lowest BCUT2D eigenvalue weighted by Gasteiger charge is -2.16. The maximum atomic E-state index is 6.40. The third kappa shape index (κ3) is 4.18. The first kappa shape index (κ1) is 20.4. The molecule has 0 saturated heterocycles. The van der Waals surface area contributed by atoms with E-state index in [0.29, 0.717) is 18.1 Å². The minimum Gasteiger partial charge on any atom is -0.437 e. The van der Waals surface area contributed by atoms with Crippen molar-refractivity contribution in [1.29, 1.82) is 0 Å². The molecule has 33 heavy (non-hydrogen) atoms. The Morgan fingerprint density at radius 1 is 0.970 bits per heavy atom. The number of aryl methyl sites for hydroxylation is 2. The van der Waals surface area contributed by atoms with Gasteiger partial charge in [0.25, 0.3) is 0 Å². The van der Waals surface area contributed by atoms with Crippen LogP contribution in [-0.2, 0) is 6.54 Å². The van der Waals surface area contributed by atoms with E-state index in [4.69, 9.17) is 15.0 Å². The van der Waals surface area contributed by atoms with Crippen LogP contribution in [0.4, 0.5) is 11.6 Å². The van der Waals surface area contributed by atoms with Crippen LogP contribution in [-0.4, -0.2) is 20.1 Å². The second-order valence-corrected chi connectivity index (χ2v) is 7.65. The van der Waals surface area contributed by atoms with Crippen LogP contribution in [0.3, 0.4) is 0 Å². The van der Waals surface area contributed by atoms with Crippen molar-refractivity contribution in [2.24, 2.45) is 0 Å². The Morgan fingerprint density at radius 2 is 1.88 bits per heavy atom. The van der Waals surface area contributed by atoms with Gasteiger partial charge in [0.05, 0.1) is 17.8 Å². The lowest BCUT2D eigenvalue weighted by Crippen LogP contribution is -2.01. The number of nitrogens with two attached hydrogens (primary N) is 1. The summed E-state index contributed by atoms with van der Waals surface area (Å²) >= 11 is 0. The molecule has 3 N–H and O–H groups in total. The molecular weight excluding hydrogens is 416 g/mol. The third-order valence-electron chi connectivity index (χ3n) is 5.27. The summed E-state index contributed by atoms with van der Waals surface area (Å²) in [6.45, 7) is 4.45. The number of hydrogen-bond acceptors (Lipinski definition) is 8. The van der Waals surface area contributed by atoms with Gasteiger partial charge in [-0.1, -0.05) is 29.4 Å². The normalized spacial score (nSPS) is 11.0. The van der Waals surface area contributed by atoms with Gasteiger partial charge >= 0.3 is 0 Å². The van der Waals surface area contributed by atoms with Crippen molar-refractivity contribution in [3.05, 3.63) is 84.0 Å². The molecule has 0 aliphatic carbocycles. The molecule has 5 rings (SSSR count). The fourth-order valence-electron chi connectivity index (χ4n) is 3.70. The first-order chi connectivity index (χ1) is 16.1. The van der Waals surface area contributed by atoms with Gasteiger partial charge in [0, 0.05) is 34.9 Å². The molecule has 3 aromatic heterocycles. The van der Waals surface area contributed by atoms with Crippen molar-refractivity contribution in [2.75, 3.05) is 11.1 Å². The zero-order valence-corrected chi connectivity index (χ0v) is 18.2. The Kier molecular flexibility index (Phi) is 5.32. The Balaban J connectivity index is 1.52. The maximum absolute atomic E-state index is 6.40. The van der Waals surface area contributed by atoms with E-state index in [9.17, 15) is 0 Å². The van der Waals surface area contributed by atoms with Gasteiger partial charge < -0.3 is 20.3 Å². The number of nitrogen functional groups attached to an aromatic ring is 1. The minimum absolute atomic E-state index is 0.196. The highest BCUT2D eigenvalue weighted by Crippen LogP contribution is 2.38. The number of anilines is 2. The summed E-state index contributed by atoms with van der Waals surface area (Å²) in [5, 5.41) is 9.50. The number of rotatable bonds is 6. The molecule has 8 heteroatoms. The highest BCUT2D eigenvalue weighted by Gasteiger charge is 2.15. The molecule has 8 nitrogen and oxygen atoms in total. The van der Waals surface area contributed by atoms with Gasteiger partial charge in [-0.25, -0.2) is 15.0 Å². The summed E-state index contributed by atoms with van der Waals surface area (Å²) in [6, 6.07) is 17.6. The summed E-state index contributed by atoms with van der Waals surface area (Å²) in [5.41, 5.74) is 9.98. The standard InChI is InChI=1S/C25H22N6O2/c1-15-8-9-18-19(5-3-7-21(18)29-14-17-13-16(2)33-31-17)23(15)32-24-20(6-4-11-27-24)22-10-12-28-25(26)30-22/h3-13,29H,14H2,1-2H3,(H2,26,28,30). The molecular formula is C25H22N6O2. The average Bonchev–Trinajstić information content (AvgIpc) is 3.25. The summed E-state index contributed by atoms with van der Waals surface area (Å²) in [4.78, 5) is 12.8. The van der Waals surface area contributed by atoms with Gasteiger partial charge in [-0.3, -0.25) is 0 Å². The van der Waals surface area contributed by atoms with Crippen LogP contribution in [0.2, 0.25) is 0 Å². The number of nitrogens with one attached hydrogen (secondary N) is 1. The van der Waals surface area contributed by atoms with E-state index in [1.54, 1.807) is 18.5 Å². The van der Waals surface area contributed by atoms with E-state index in [-0.39, 0.29) is 5.95 Å². The van der Waals surface area contributed by atoms with Crippen LogP contribution in [0.15, 0.2) is 71.5 Å². The molecule has 0 saturated carbocycles. The maximum Gasteiger partial charge on any atom is 0.228 e. The smallest absolute Gasteiger partial charge is 0.228 e. The van der Waals surface area contributed by atoms with Gasteiger partial charge in [-0.2, -0.15) is 0 Å². The summed E-state index contributed by atoms with van der Waals surface area (Å²) in [7, 11) is 0. The van der Waals surface area contributed by atoms with Crippen molar-refractivity contribution < 1.29 is 9.26 Å². The van der Waals surface area contributed by atoms with Crippen LogP contribution >= 0.6 is 0 Å². The highest BCUT2D eigenvalue weighted by molar-refractivity contribution is 5.98. The SMILES string of the molecule is Cc1cc(CNc2cccc3c(Oc4ncccc4-c4ccnc(N)n4)c(C)ccc23)no1. The number of nitrogens with zero attached hydrogens (tertiary/aromatic N) is 4. The number of pyridine rings is 1. The van der Waals surface area contributed by atoms with Crippen molar-refractivity contribution in [3.8, 4) is 22.9 Å². The molecule has 2 aromatic carbocycles. The Bertz CT molecular complexity index is 1450. The number of fused-ring (bicyclic) bond motifs is 1. The first-order valence-electron chi connectivity index (χ1n) is 10.5. The molecule has 0 radical (unpaired) electrons. The number of hydrogen-bond donors (Lipinski definition) is 2. The molecule has 164 valence electrons. The fourth-order valence-corrected chi connectivity index (χ4v) is 3.70. The molecule has 0 fully saturated rings. The van der Waals surface area contributed by atoms with Gasteiger partial charge in [-0.15, -0.1) is 0 Å². The van der Waals surface area contributed by atoms with Crippen molar-refractivity contribution in [1.82, 2.24) is 20.1 Å². The molecule has 5 aromatic rings.